The topological polar surface area (TPSA) is 106 Å². The summed E-state index contributed by atoms with van der Waals surface area (Å²) in [5.74, 6) is -0.0612. The van der Waals surface area contributed by atoms with Crippen LogP contribution in [0, 0.1) is 6.92 Å². The Morgan fingerprint density at radius 2 is 2.06 bits per heavy atom. The van der Waals surface area contributed by atoms with Crippen LogP contribution in [0.5, 0.6) is 0 Å². The Morgan fingerprint density at radius 1 is 1.26 bits per heavy atom. The van der Waals surface area contributed by atoms with Gasteiger partial charge in [0.2, 0.25) is 5.95 Å². The van der Waals surface area contributed by atoms with E-state index in [1.807, 2.05) is 0 Å². The Bertz CT molecular complexity index is 1080. The molecule has 9 heteroatoms. The first-order valence-electron chi connectivity index (χ1n) is 10.4. The van der Waals surface area contributed by atoms with E-state index in [4.69, 9.17) is 10.5 Å². The Kier molecular flexibility index (Phi) is 6.43. The van der Waals surface area contributed by atoms with E-state index in [-0.39, 0.29) is 5.69 Å². The van der Waals surface area contributed by atoms with Gasteiger partial charge in [-0.1, -0.05) is 30.7 Å². The van der Waals surface area contributed by atoms with E-state index in [0.29, 0.717) is 43.0 Å². The molecule has 1 fully saturated rings. The van der Waals surface area contributed by atoms with E-state index in [2.05, 4.69) is 57.2 Å². The van der Waals surface area contributed by atoms with Crippen molar-refractivity contribution in [1.29, 1.82) is 0 Å². The average molecular weight is 439 g/mol. The highest BCUT2D eigenvalue weighted by atomic mass is 32.1. The molecule has 0 saturated carbocycles. The van der Waals surface area contributed by atoms with Crippen molar-refractivity contribution in [2.75, 3.05) is 36.5 Å². The van der Waals surface area contributed by atoms with Crippen LogP contribution in [0.25, 0.3) is 10.7 Å². The predicted octanol–water partition coefficient (Wildman–Crippen LogP) is 3.54. The van der Waals surface area contributed by atoms with Crippen molar-refractivity contribution in [2.45, 2.75) is 26.7 Å². The van der Waals surface area contributed by atoms with Crippen molar-refractivity contribution in [3.8, 4) is 10.7 Å². The number of rotatable bonds is 7. The normalized spacial score (nSPS) is 13.9. The summed E-state index contributed by atoms with van der Waals surface area (Å²) in [5.41, 5.74) is 9.94. The van der Waals surface area contributed by atoms with Gasteiger partial charge in [-0.2, -0.15) is 0 Å². The lowest BCUT2D eigenvalue weighted by Gasteiger charge is -2.27. The molecule has 1 aromatic carbocycles. The zero-order valence-electron chi connectivity index (χ0n) is 17.7. The number of ether oxygens (including phenoxy) is 1. The Labute approximate surface area is 185 Å². The highest BCUT2D eigenvalue weighted by molar-refractivity contribution is 7.19. The zero-order chi connectivity index (χ0) is 21.8. The molecule has 0 bridgehead atoms. The molecule has 3 N–H and O–H groups in total. The van der Waals surface area contributed by atoms with Gasteiger partial charge in [-0.25, -0.2) is 15.0 Å². The van der Waals surface area contributed by atoms with Gasteiger partial charge in [0, 0.05) is 25.0 Å². The van der Waals surface area contributed by atoms with Crippen LogP contribution in [0.1, 0.15) is 35.0 Å². The summed E-state index contributed by atoms with van der Waals surface area (Å²) in [5, 5.41) is 4.70. The van der Waals surface area contributed by atoms with E-state index in [1.165, 1.54) is 22.5 Å². The van der Waals surface area contributed by atoms with Gasteiger partial charge in [-0.3, -0.25) is 4.79 Å². The number of nitrogens with one attached hydrogen (secondary N) is 1. The number of morpholine rings is 1. The van der Waals surface area contributed by atoms with Crippen molar-refractivity contribution < 1.29 is 9.53 Å². The fourth-order valence-corrected chi connectivity index (χ4v) is 4.69. The zero-order valence-corrected chi connectivity index (χ0v) is 18.5. The minimum atomic E-state index is -0.542. The van der Waals surface area contributed by atoms with Gasteiger partial charge in [-0.15, -0.1) is 0 Å². The molecule has 2 aromatic heterocycles. The van der Waals surface area contributed by atoms with Crippen LogP contribution in [-0.4, -0.2) is 47.2 Å². The van der Waals surface area contributed by atoms with E-state index in [1.54, 1.807) is 12.3 Å². The van der Waals surface area contributed by atoms with Crippen LogP contribution in [0.2, 0.25) is 0 Å². The van der Waals surface area contributed by atoms with Crippen LogP contribution in [-0.2, 0) is 11.2 Å². The number of carbonyl (C=O) groups excluding carboxylic acids is 1. The number of amides is 1. The van der Waals surface area contributed by atoms with Gasteiger partial charge in [0.15, 0.2) is 5.69 Å². The Balaban J connectivity index is 1.62. The van der Waals surface area contributed by atoms with Gasteiger partial charge in [0.05, 0.1) is 13.2 Å². The quantitative estimate of drug-likeness (QED) is 0.581. The average Bonchev–Trinajstić information content (AvgIpc) is 3.20. The molecule has 0 radical (unpaired) electrons. The third kappa shape index (κ3) is 5.00. The van der Waals surface area contributed by atoms with Gasteiger partial charge < -0.3 is 20.7 Å². The summed E-state index contributed by atoms with van der Waals surface area (Å²) in [6.07, 6.45) is 3.80. The molecule has 3 aromatic rings. The number of thiazole rings is 1. The van der Waals surface area contributed by atoms with E-state index >= 15 is 0 Å². The maximum absolute atomic E-state index is 12.0. The van der Waals surface area contributed by atoms with Crippen LogP contribution >= 0.6 is 11.3 Å². The molecule has 8 nitrogen and oxygen atoms in total. The Hall–Kier alpha value is -3.04. The van der Waals surface area contributed by atoms with Crippen molar-refractivity contribution in [3.63, 3.8) is 0 Å². The van der Waals surface area contributed by atoms with Gasteiger partial charge >= 0.3 is 0 Å². The number of hydrogen-bond donors (Lipinski definition) is 2. The fraction of sp³-hybridized carbons (Fsp3) is 0.364. The number of anilines is 3. The molecule has 162 valence electrons. The van der Waals surface area contributed by atoms with E-state index in [9.17, 15) is 4.79 Å². The molecule has 3 heterocycles. The molecule has 1 amide bonds. The second-order valence-corrected chi connectivity index (χ2v) is 8.46. The molecule has 4 rings (SSSR count). The maximum Gasteiger partial charge on any atom is 0.270 e. The third-order valence-corrected chi connectivity index (χ3v) is 6.09. The van der Waals surface area contributed by atoms with Gasteiger partial charge in [0.25, 0.3) is 5.91 Å². The second-order valence-electron chi connectivity index (χ2n) is 7.48. The van der Waals surface area contributed by atoms with Crippen molar-refractivity contribution in [1.82, 2.24) is 15.0 Å². The van der Waals surface area contributed by atoms with Gasteiger partial charge in [0.1, 0.15) is 15.7 Å². The molecule has 0 spiro atoms. The van der Waals surface area contributed by atoms with Crippen molar-refractivity contribution in [2.24, 2.45) is 5.73 Å². The third-order valence-electron chi connectivity index (χ3n) is 4.95. The number of nitrogens with two attached hydrogens (primary N) is 1. The lowest BCUT2D eigenvalue weighted by molar-refractivity contribution is 0.0994. The summed E-state index contributed by atoms with van der Waals surface area (Å²) in [7, 11) is 0. The Morgan fingerprint density at radius 3 is 2.81 bits per heavy atom. The van der Waals surface area contributed by atoms with Crippen molar-refractivity contribution in [3.05, 3.63) is 47.3 Å². The summed E-state index contributed by atoms with van der Waals surface area (Å²) < 4.78 is 5.41. The molecule has 1 saturated heterocycles. The molecule has 31 heavy (non-hydrogen) atoms. The fourth-order valence-electron chi connectivity index (χ4n) is 3.60. The van der Waals surface area contributed by atoms with Crippen LogP contribution in [0.15, 0.2) is 30.5 Å². The second kappa shape index (κ2) is 9.40. The molecule has 0 unspecified atom stereocenters. The summed E-state index contributed by atoms with van der Waals surface area (Å²) in [6, 6.07) is 8.18. The molecular weight excluding hydrogens is 412 g/mol. The number of carbonyl (C=O) groups is 1. The highest BCUT2D eigenvalue weighted by Gasteiger charge is 2.24. The molecule has 0 atom stereocenters. The SMILES string of the molecule is CCCc1cc(C)cc(Nc2nccc(-c3nc(C(N)=O)c(N4CCOCC4)s3)n2)c1. The van der Waals surface area contributed by atoms with Crippen LogP contribution in [0.4, 0.5) is 16.6 Å². The summed E-state index contributed by atoms with van der Waals surface area (Å²) in [4.78, 5) is 27.6. The lowest BCUT2D eigenvalue weighted by atomic mass is 10.1. The number of benzene rings is 1. The monoisotopic (exact) mass is 438 g/mol. The van der Waals surface area contributed by atoms with E-state index < -0.39 is 5.91 Å². The van der Waals surface area contributed by atoms with Crippen LogP contribution in [0.3, 0.4) is 0 Å². The molecule has 1 aliphatic heterocycles. The summed E-state index contributed by atoms with van der Waals surface area (Å²) in [6.45, 7) is 6.88. The van der Waals surface area contributed by atoms with Crippen molar-refractivity contribution >= 4 is 33.9 Å². The number of aromatic nitrogens is 3. The van der Waals surface area contributed by atoms with E-state index in [0.717, 1.165) is 23.5 Å². The molecule has 0 aliphatic carbocycles. The first-order valence-corrected chi connectivity index (χ1v) is 11.2. The highest BCUT2D eigenvalue weighted by Crippen LogP contribution is 2.34. The number of hydrogen-bond acceptors (Lipinski definition) is 8. The lowest BCUT2D eigenvalue weighted by Crippen LogP contribution is -2.36. The van der Waals surface area contributed by atoms with Gasteiger partial charge in [-0.05, 0) is 42.7 Å². The minimum absolute atomic E-state index is 0.276. The number of aryl methyl sites for hydroxylation is 2. The maximum atomic E-state index is 12.0. The standard InChI is InChI=1S/C22H26N6O2S/c1-3-4-15-11-14(2)12-16(13-15)25-22-24-6-5-17(26-22)20-27-18(19(23)29)21(31-20)28-7-9-30-10-8-28/h5-6,11-13H,3-4,7-10H2,1-2H3,(H2,23,29)(H,24,25,26). The first-order chi connectivity index (χ1) is 15.0. The number of nitrogens with zero attached hydrogens (tertiary/aromatic N) is 4. The van der Waals surface area contributed by atoms with Crippen LogP contribution < -0.4 is 16.0 Å². The first kappa shape index (κ1) is 21.2. The summed E-state index contributed by atoms with van der Waals surface area (Å²) >= 11 is 1.41. The molecule has 1 aliphatic rings. The molecular formula is C22H26N6O2S. The smallest absolute Gasteiger partial charge is 0.270 e. The predicted molar refractivity (Wildman–Crippen MR) is 123 cm³/mol. The minimum Gasteiger partial charge on any atom is -0.378 e. The number of primary amides is 1. The largest absolute Gasteiger partial charge is 0.378 e.